The number of nitrogens with zero attached hydrogens (tertiary/aromatic N) is 4. The van der Waals surface area contributed by atoms with E-state index < -0.39 is 0 Å². The number of rotatable bonds is 9. The maximum atomic E-state index is 12.8. The largest absolute Gasteiger partial charge is 0.354 e. The fourth-order valence-corrected chi connectivity index (χ4v) is 4.19. The molecule has 4 aromatic rings. The van der Waals surface area contributed by atoms with Crippen LogP contribution in [0.1, 0.15) is 11.1 Å². The normalized spacial score (nSPS) is 11.0. The van der Waals surface area contributed by atoms with E-state index >= 15 is 0 Å². The number of carbonyl (C=O) groups is 1. The third-order valence-corrected chi connectivity index (χ3v) is 6.13. The third-order valence-electron chi connectivity index (χ3n) is 4.88. The van der Waals surface area contributed by atoms with Gasteiger partial charge in [0.15, 0.2) is 5.65 Å². The Hall–Kier alpha value is -3.10. The predicted octanol–water partition coefficient (Wildman–Crippen LogP) is 3.34. The SMILES string of the molecule is O=C(CSCc1ccccc1)NCCn1ncc2c(=O)n(Cc3ccc(Cl)cc3)cnc21. The summed E-state index contributed by atoms with van der Waals surface area (Å²) in [5.74, 6) is 1.16. The first-order valence-electron chi connectivity index (χ1n) is 10.1. The zero-order valence-electron chi connectivity index (χ0n) is 17.3. The summed E-state index contributed by atoms with van der Waals surface area (Å²) in [7, 11) is 0. The van der Waals surface area contributed by atoms with Gasteiger partial charge in [-0.3, -0.25) is 14.2 Å². The van der Waals surface area contributed by atoms with Gasteiger partial charge in [-0.2, -0.15) is 5.10 Å². The molecule has 0 aliphatic heterocycles. The molecule has 2 aromatic carbocycles. The highest BCUT2D eigenvalue weighted by molar-refractivity contribution is 7.99. The second-order valence-electron chi connectivity index (χ2n) is 7.24. The molecule has 0 unspecified atom stereocenters. The van der Waals surface area contributed by atoms with E-state index in [1.165, 1.54) is 18.1 Å². The molecule has 4 rings (SSSR count). The summed E-state index contributed by atoms with van der Waals surface area (Å²) in [5, 5.41) is 8.28. The van der Waals surface area contributed by atoms with Crippen LogP contribution in [-0.4, -0.2) is 37.5 Å². The minimum Gasteiger partial charge on any atom is -0.354 e. The number of aromatic nitrogens is 4. The van der Waals surface area contributed by atoms with Crippen molar-refractivity contribution in [2.24, 2.45) is 0 Å². The van der Waals surface area contributed by atoms with Crippen LogP contribution in [0.5, 0.6) is 0 Å². The minimum absolute atomic E-state index is 0.0272. The lowest BCUT2D eigenvalue weighted by Crippen LogP contribution is -2.29. The van der Waals surface area contributed by atoms with E-state index in [-0.39, 0.29) is 11.5 Å². The molecule has 0 aliphatic rings. The van der Waals surface area contributed by atoms with Gasteiger partial charge in [-0.1, -0.05) is 54.1 Å². The zero-order chi connectivity index (χ0) is 22.3. The number of nitrogens with one attached hydrogen (secondary N) is 1. The van der Waals surface area contributed by atoms with Gasteiger partial charge in [0.1, 0.15) is 11.7 Å². The summed E-state index contributed by atoms with van der Waals surface area (Å²) in [5.41, 5.74) is 2.51. The number of thioether (sulfide) groups is 1. The topological polar surface area (TPSA) is 81.8 Å². The van der Waals surface area contributed by atoms with Crippen LogP contribution < -0.4 is 10.9 Å². The van der Waals surface area contributed by atoms with Crippen molar-refractivity contribution in [2.45, 2.75) is 18.8 Å². The molecule has 7 nitrogen and oxygen atoms in total. The van der Waals surface area contributed by atoms with E-state index in [1.54, 1.807) is 33.1 Å². The maximum absolute atomic E-state index is 12.8. The van der Waals surface area contributed by atoms with Gasteiger partial charge in [0.25, 0.3) is 5.56 Å². The molecule has 32 heavy (non-hydrogen) atoms. The molecule has 0 fully saturated rings. The van der Waals surface area contributed by atoms with Gasteiger partial charge in [-0.15, -0.1) is 11.8 Å². The zero-order valence-corrected chi connectivity index (χ0v) is 18.9. The van der Waals surface area contributed by atoms with Crippen LogP contribution in [0, 0.1) is 0 Å². The fraction of sp³-hybridized carbons (Fsp3) is 0.217. The van der Waals surface area contributed by atoms with Crippen LogP contribution in [0.3, 0.4) is 0 Å². The van der Waals surface area contributed by atoms with E-state index in [0.29, 0.717) is 41.4 Å². The molecular formula is C23H22ClN5O2S. The molecule has 0 radical (unpaired) electrons. The molecule has 164 valence electrons. The molecule has 1 N–H and O–H groups in total. The maximum Gasteiger partial charge on any atom is 0.264 e. The van der Waals surface area contributed by atoms with Crippen molar-refractivity contribution in [3.05, 3.63) is 93.6 Å². The molecule has 0 saturated heterocycles. The average Bonchev–Trinajstić information content (AvgIpc) is 3.22. The lowest BCUT2D eigenvalue weighted by atomic mass is 10.2. The van der Waals surface area contributed by atoms with Gasteiger partial charge in [0.05, 0.1) is 25.0 Å². The molecule has 0 atom stereocenters. The first kappa shape index (κ1) is 22.1. The summed E-state index contributed by atoms with van der Waals surface area (Å²) < 4.78 is 3.18. The van der Waals surface area contributed by atoms with E-state index in [0.717, 1.165) is 11.3 Å². The first-order valence-corrected chi connectivity index (χ1v) is 11.7. The number of halogens is 1. The monoisotopic (exact) mass is 467 g/mol. The highest BCUT2D eigenvalue weighted by Crippen LogP contribution is 2.12. The number of benzene rings is 2. The van der Waals surface area contributed by atoms with Crippen molar-refractivity contribution in [3.8, 4) is 0 Å². The summed E-state index contributed by atoms with van der Waals surface area (Å²) in [4.78, 5) is 29.3. The fourth-order valence-electron chi connectivity index (χ4n) is 3.25. The molecular weight excluding hydrogens is 446 g/mol. The highest BCUT2D eigenvalue weighted by atomic mass is 35.5. The van der Waals surface area contributed by atoms with Crippen LogP contribution in [-0.2, 0) is 23.6 Å². The number of fused-ring (bicyclic) bond motifs is 1. The first-order chi connectivity index (χ1) is 15.6. The number of hydrogen-bond acceptors (Lipinski definition) is 5. The Labute approximate surface area is 194 Å². The van der Waals surface area contributed by atoms with Crippen LogP contribution in [0.25, 0.3) is 11.0 Å². The molecule has 2 aromatic heterocycles. The average molecular weight is 468 g/mol. The second-order valence-corrected chi connectivity index (χ2v) is 8.66. The smallest absolute Gasteiger partial charge is 0.264 e. The molecule has 0 spiro atoms. The van der Waals surface area contributed by atoms with Gasteiger partial charge in [-0.25, -0.2) is 9.67 Å². The lowest BCUT2D eigenvalue weighted by Gasteiger charge is -2.08. The van der Waals surface area contributed by atoms with E-state index in [2.05, 4.69) is 15.4 Å². The Morgan fingerprint density at radius 3 is 2.62 bits per heavy atom. The van der Waals surface area contributed by atoms with Gasteiger partial charge in [-0.05, 0) is 23.3 Å². The van der Waals surface area contributed by atoms with Gasteiger partial charge >= 0.3 is 0 Å². The Bertz CT molecular complexity index is 1260. The molecule has 0 aliphatic carbocycles. The van der Waals surface area contributed by atoms with Crippen LogP contribution in [0.15, 0.2) is 71.9 Å². The Morgan fingerprint density at radius 2 is 1.84 bits per heavy atom. The standard InChI is InChI=1S/C23H22ClN5O2S/c24-19-8-6-17(7-9-19)13-28-16-26-22-20(23(28)31)12-27-29(22)11-10-25-21(30)15-32-14-18-4-2-1-3-5-18/h1-9,12,16H,10-11,13-15H2,(H,25,30). The third kappa shape index (κ3) is 5.57. The molecule has 0 saturated carbocycles. The van der Waals surface area contributed by atoms with E-state index in [1.807, 2.05) is 42.5 Å². The van der Waals surface area contributed by atoms with Crippen LogP contribution in [0.4, 0.5) is 0 Å². The van der Waals surface area contributed by atoms with Crippen molar-refractivity contribution in [1.29, 1.82) is 0 Å². The summed E-state index contributed by atoms with van der Waals surface area (Å²) >= 11 is 7.49. The quantitative estimate of drug-likeness (QED) is 0.408. The molecule has 0 bridgehead atoms. The Kier molecular flexibility index (Phi) is 7.24. The summed E-state index contributed by atoms with van der Waals surface area (Å²) in [6.45, 7) is 1.25. The van der Waals surface area contributed by atoms with Gasteiger partial charge < -0.3 is 5.32 Å². The number of hydrogen-bond donors (Lipinski definition) is 1. The second kappa shape index (κ2) is 10.5. The van der Waals surface area contributed by atoms with Crippen molar-refractivity contribution < 1.29 is 4.79 Å². The van der Waals surface area contributed by atoms with Crippen molar-refractivity contribution in [3.63, 3.8) is 0 Å². The number of carbonyl (C=O) groups excluding carboxylic acids is 1. The van der Waals surface area contributed by atoms with Crippen molar-refractivity contribution in [2.75, 3.05) is 12.3 Å². The van der Waals surface area contributed by atoms with Gasteiger partial charge in [0, 0.05) is 17.3 Å². The summed E-state index contributed by atoms with van der Waals surface area (Å²) in [6.07, 6.45) is 3.05. The van der Waals surface area contributed by atoms with Crippen LogP contribution >= 0.6 is 23.4 Å². The van der Waals surface area contributed by atoms with Crippen LogP contribution in [0.2, 0.25) is 5.02 Å². The lowest BCUT2D eigenvalue weighted by molar-refractivity contribution is -0.118. The minimum atomic E-state index is -0.155. The molecule has 2 heterocycles. The highest BCUT2D eigenvalue weighted by Gasteiger charge is 2.11. The van der Waals surface area contributed by atoms with Gasteiger partial charge in [0.2, 0.25) is 5.91 Å². The van der Waals surface area contributed by atoms with Crippen molar-refractivity contribution >= 4 is 40.3 Å². The van der Waals surface area contributed by atoms with Crippen molar-refractivity contribution in [1.82, 2.24) is 24.6 Å². The van der Waals surface area contributed by atoms with E-state index in [9.17, 15) is 9.59 Å². The number of amides is 1. The molecule has 9 heteroatoms. The van der Waals surface area contributed by atoms with E-state index in [4.69, 9.17) is 11.6 Å². The predicted molar refractivity (Wildman–Crippen MR) is 128 cm³/mol. The Morgan fingerprint density at radius 1 is 1.06 bits per heavy atom. The Balaban J connectivity index is 1.31. The summed E-state index contributed by atoms with van der Waals surface area (Å²) in [6, 6.07) is 17.4. The molecule has 1 amide bonds.